The second kappa shape index (κ2) is 9.34. The average Bonchev–Trinajstić information content (AvgIpc) is 3.20. The van der Waals surface area contributed by atoms with Crippen molar-refractivity contribution in [3.63, 3.8) is 0 Å². The Bertz CT molecular complexity index is 1320. The van der Waals surface area contributed by atoms with E-state index in [0.29, 0.717) is 17.8 Å². The van der Waals surface area contributed by atoms with E-state index in [2.05, 4.69) is 21.7 Å². The Morgan fingerprint density at radius 3 is 2.59 bits per heavy atom. The number of nitrogens with one attached hydrogen (secondary N) is 3. The second-order valence-electron chi connectivity index (χ2n) is 7.66. The summed E-state index contributed by atoms with van der Waals surface area (Å²) in [5.74, 6) is -0.484. The van der Waals surface area contributed by atoms with Gasteiger partial charge in [0.1, 0.15) is 6.54 Å². The fourth-order valence-electron chi connectivity index (χ4n) is 3.59. The van der Waals surface area contributed by atoms with Crippen LogP contribution in [0.2, 0.25) is 0 Å². The van der Waals surface area contributed by atoms with Crippen LogP contribution in [0.15, 0.2) is 77.9 Å². The molecule has 4 aromatic rings. The van der Waals surface area contributed by atoms with Crippen LogP contribution in [0.25, 0.3) is 10.9 Å². The molecule has 2 aromatic heterocycles. The number of fused-ring (bicyclic) bond motifs is 1. The van der Waals surface area contributed by atoms with Crippen molar-refractivity contribution in [1.29, 1.82) is 0 Å². The van der Waals surface area contributed by atoms with Gasteiger partial charge in [-0.3, -0.25) is 14.4 Å². The molecule has 0 aliphatic heterocycles. The molecule has 0 radical (unpaired) electrons. The molecule has 0 saturated heterocycles. The molecule has 2 amide bonds. The zero-order chi connectivity index (χ0) is 22.5. The Kier molecular flexibility index (Phi) is 6.17. The quantitative estimate of drug-likeness (QED) is 0.422. The number of aromatic nitrogens is 2. The molecule has 0 bridgehead atoms. The molecule has 3 N–H and O–H groups in total. The molecule has 0 atom stereocenters. The molecular weight excluding hydrogens is 404 g/mol. The van der Waals surface area contributed by atoms with Gasteiger partial charge in [-0.2, -0.15) is 0 Å². The third-order valence-corrected chi connectivity index (χ3v) is 5.23. The molecule has 32 heavy (non-hydrogen) atoms. The molecule has 0 aliphatic carbocycles. The minimum Gasteiger partial charge on any atom is -0.361 e. The van der Waals surface area contributed by atoms with E-state index in [-0.39, 0.29) is 23.9 Å². The third kappa shape index (κ3) is 4.95. The Hall–Kier alpha value is -4.13. The Morgan fingerprint density at radius 1 is 1.00 bits per heavy atom. The number of anilines is 1. The summed E-state index contributed by atoms with van der Waals surface area (Å²) in [6.45, 7) is 2.30. The minimum atomic E-state index is -0.311. The van der Waals surface area contributed by atoms with E-state index in [1.54, 1.807) is 36.5 Å². The molecule has 0 unspecified atom stereocenters. The lowest BCUT2D eigenvalue weighted by Crippen LogP contribution is -2.27. The van der Waals surface area contributed by atoms with E-state index in [1.165, 1.54) is 10.6 Å². The monoisotopic (exact) mass is 428 g/mol. The topological polar surface area (TPSA) is 96.0 Å². The standard InChI is InChI=1S/C25H24N4O3/c1-17-6-11-24(31)29(15-17)16-23(30)28-20-9-7-18(8-10-20)25(32)26-13-12-19-14-27-22-5-3-2-4-21(19)22/h2-11,14-15,27H,12-13,16H2,1H3,(H,26,32)(H,28,30). The summed E-state index contributed by atoms with van der Waals surface area (Å²) in [4.78, 5) is 39.8. The Labute approximate surface area is 185 Å². The van der Waals surface area contributed by atoms with Gasteiger partial charge in [-0.1, -0.05) is 24.3 Å². The van der Waals surface area contributed by atoms with Crippen LogP contribution in [0, 0.1) is 6.92 Å². The van der Waals surface area contributed by atoms with Crippen molar-refractivity contribution in [3.05, 3.63) is 100 Å². The number of nitrogens with zero attached hydrogens (tertiary/aromatic N) is 1. The Balaban J connectivity index is 1.29. The molecule has 7 nitrogen and oxygen atoms in total. The summed E-state index contributed by atoms with van der Waals surface area (Å²) in [6, 6.07) is 17.9. The lowest BCUT2D eigenvalue weighted by Gasteiger charge is -2.09. The van der Waals surface area contributed by atoms with Crippen LogP contribution in [-0.4, -0.2) is 27.9 Å². The lowest BCUT2D eigenvalue weighted by atomic mass is 10.1. The van der Waals surface area contributed by atoms with E-state index in [4.69, 9.17) is 0 Å². The molecule has 0 aliphatic rings. The largest absolute Gasteiger partial charge is 0.361 e. The van der Waals surface area contributed by atoms with Crippen molar-refractivity contribution in [3.8, 4) is 0 Å². The number of aryl methyl sites for hydroxylation is 1. The number of carbonyl (C=O) groups excluding carboxylic acids is 2. The molecule has 2 aromatic carbocycles. The summed E-state index contributed by atoms with van der Waals surface area (Å²) >= 11 is 0. The van der Waals surface area contributed by atoms with Gasteiger partial charge < -0.3 is 20.2 Å². The number of rotatable bonds is 7. The van der Waals surface area contributed by atoms with Crippen molar-refractivity contribution in [2.75, 3.05) is 11.9 Å². The number of amides is 2. The smallest absolute Gasteiger partial charge is 0.251 e. The minimum absolute atomic E-state index is 0.0728. The molecular formula is C25H24N4O3. The fraction of sp³-hybridized carbons (Fsp3) is 0.160. The number of H-pyrrole nitrogens is 1. The van der Waals surface area contributed by atoms with Gasteiger partial charge in [0.15, 0.2) is 0 Å². The van der Waals surface area contributed by atoms with Gasteiger partial charge in [-0.15, -0.1) is 0 Å². The van der Waals surface area contributed by atoms with Crippen molar-refractivity contribution in [1.82, 2.24) is 14.9 Å². The molecule has 0 fully saturated rings. The number of pyridine rings is 1. The van der Waals surface area contributed by atoms with Crippen molar-refractivity contribution < 1.29 is 9.59 Å². The molecule has 0 spiro atoms. The highest BCUT2D eigenvalue weighted by Gasteiger charge is 2.09. The van der Waals surface area contributed by atoms with Gasteiger partial charge in [0.25, 0.3) is 11.5 Å². The van der Waals surface area contributed by atoms with E-state index in [1.807, 2.05) is 31.3 Å². The predicted octanol–water partition coefficient (Wildman–Crippen LogP) is 3.25. The van der Waals surface area contributed by atoms with Gasteiger partial charge in [-0.05, 0) is 54.8 Å². The van der Waals surface area contributed by atoms with Crippen LogP contribution in [0.4, 0.5) is 5.69 Å². The van der Waals surface area contributed by atoms with E-state index in [0.717, 1.165) is 28.5 Å². The maximum atomic E-state index is 12.4. The second-order valence-corrected chi connectivity index (χ2v) is 7.66. The van der Waals surface area contributed by atoms with Crippen molar-refractivity contribution in [2.45, 2.75) is 19.9 Å². The summed E-state index contributed by atoms with van der Waals surface area (Å²) < 4.78 is 1.36. The SMILES string of the molecule is Cc1ccc(=O)n(CC(=O)Nc2ccc(C(=O)NCCc3c[nH]c4ccccc34)cc2)c1. The normalized spacial score (nSPS) is 10.8. The van der Waals surface area contributed by atoms with Crippen molar-refractivity contribution in [2.24, 2.45) is 0 Å². The van der Waals surface area contributed by atoms with E-state index in [9.17, 15) is 14.4 Å². The van der Waals surface area contributed by atoms with Crippen LogP contribution in [-0.2, 0) is 17.8 Å². The number of hydrogen-bond donors (Lipinski definition) is 3. The molecule has 2 heterocycles. The van der Waals surface area contributed by atoms with Crippen molar-refractivity contribution >= 4 is 28.4 Å². The first-order chi connectivity index (χ1) is 15.5. The highest BCUT2D eigenvalue weighted by molar-refractivity contribution is 5.95. The first-order valence-electron chi connectivity index (χ1n) is 10.4. The zero-order valence-electron chi connectivity index (χ0n) is 17.7. The summed E-state index contributed by atoms with van der Waals surface area (Å²) in [5, 5.41) is 6.84. The van der Waals surface area contributed by atoms with Gasteiger partial charge in [0, 0.05) is 47.2 Å². The van der Waals surface area contributed by atoms with Gasteiger partial charge in [0.2, 0.25) is 5.91 Å². The van der Waals surface area contributed by atoms with Crippen LogP contribution in [0.1, 0.15) is 21.5 Å². The number of aromatic amines is 1. The lowest BCUT2D eigenvalue weighted by molar-refractivity contribution is -0.116. The van der Waals surface area contributed by atoms with Gasteiger partial charge in [-0.25, -0.2) is 0 Å². The maximum absolute atomic E-state index is 12.4. The molecule has 162 valence electrons. The van der Waals surface area contributed by atoms with Gasteiger partial charge >= 0.3 is 0 Å². The predicted molar refractivity (Wildman–Crippen MR) is 125 cm³/mol. The third-order valence-electron chi connectivity index (χ3n) is 5.23. The Morgan fingerprint density at radius 2 is 1.78 bits per heavy atom. The zero-order valence-corrected chi connectivity index (χ0v) is 17.7. The number of para-hydroxylation sites is 1. The van der Waals surface area contributed by atoms with E-state index >= 15 is 0 Å². The molecule has 4 rings (SSSR count). The summed E-state index contributed by atoms with van der Waals surface area (Å²) in [7, 11) is 0. The highest BCUT2D eigenvalue weighted by Crippen LogP contribution is 2.17. The average molecular weight is 428 g/mol. The van der Waals surface area contributed by atoms with Crippen LogP contribution in [0.5, 0.6) is 0 Å². The van der Waals surface area contributed by atoms with Crippen LogP contribution >= 0.6 is 0 Å². The van der Waals surface area contributed by atoms with Gasteiger partial charge in [0.05, 0.1) is 0 Å². The van der Waals surface area contributed by atoms with Crippen LogP contribution in [0.3, 0.4) is 0 Å². The first-order valence-corrected chi connectivity index (χ1v) is 10.4. The van der Waals surface area contributed by atoms with E-state index < -0.39 is 0 Å². The maximum Gasteiger partial charge on any atom is 0.251 e. The molecule has 0 saturated carbocycles. The first kappa shape index (κ1) is 21.1. The van der Waals surface area contributed by atoms with Crippen LogP contribution < -0.4 is 16.2 Å². The number of carbonyl (C=O) groups is 2. The summed E-state index contributed by atoms with van der Waals surface area (Å²) in [6.07, 6.45) is 4.34. The fourth-order valence-corrected chi connectivity index (χ4v) is 3.59. The highest BCUT2D eigenvalue weighted by atomic mass is 16.2. The summed E-state index contributed by atoms with van der Waals surface area (Å²) in [5.41, 5.74) is 3.98. The number of hydrogen-bond acceptors (Lipinski definition) is 3. The number of benzene rings is 2. The molecule has 7 heteroatoms.